The highest BCUT2D eigenvalue weighted by Gasteiger charge is 2.55. The average molecular weight is 377 g/mol. The summed E-state index contributed by atoms with van der Waals surface area (Å²) in [5, 5.41) is 0.453. The van der Waals surface area contributed by atoms with Gasteiger partial charge in [-0.25, -0.2) is 8.42 Å². The summed E-state index contributed by atoms with van der Waals surface area (Å²) in [6.45, 7) is 0.997. The number of carbonyl (C=O) groups is 1. The summed E-state index contributed by atoms with van der Waals surface area (Å²) in [4.78, 5) is 14.4. The van der Waals surface area contributed by atoms with Crippen molar-refractivity contribution in [2.24, 2.45) is 0 Å². The van der Waals surface area contributed by atoms with E-state index in [0.717, 1.165) is 6.42 Å². The molecule has 1 aromatic rings. The lowest BCUT2D eigenvalue weighted by atomic mass is 9.87. The van der Waals surface area contributed by atoms with Crippen molar-refractivity contribution in [3.63, 3.8) is 0 Å². The van der Waals surface area contributed by atoms with Crippen LogP contribution in [0.25, 0.3) is 0 Å². The van der Waals surface area contributed by atoms with Gasteiger partial charge in [0.1, 0.15) is 10.4 Å². The lowest BCUT2D eigenvalue weighted by Crippen LogP contribution is -2.60. The Balaban J connectivity index is 2.07. The fraction of sp³-hybridized carbons (Fsp3) is 0.533. The number of benzene rings is 1. The number of amides is 1. The SMILES string of the molecule is CN1CCCC2(CCCN2S(=O)(=O)c2ccc(Cl)cc2Cl)C1=O. The Hall–Kier alpha value is -0.820. The molecule has 1 aromatic carbocycles. The van der Waals surface area contributed by atoms with Crippen LogP contribution in [0.5, 0.6) is 0 Å². The van der Waals surface area contributed by atoms with Crippen LogP contribution in [0.4, 0.5) is 0 Å². The van der Waals surface area contributed by atoms with Gasteiger partial charge in [0.2, 0.25) is 15.9 Å². The fourth-order valence-electron chi connectivity index (χ4n) is 3.64. The normalized spacial score (nSPS) is 26.2. The number of sulfonamides is 1. The largest absolute Gasteiger partial charge is 0.344 e. The van der Waals surface area contributed by atoms with E-state index < -0.39 is 15.6 Å². The molecule has 1 amide bonds. The van der Waals surface area contributed by atoms with Gasteiger partial charge in [0.05, 0.1) is 5.02 Å². The lowest BCUT2D eigenvalue weighted by molar-refractivity contribution is -0.142. The van der Waals surface area contributed by atoms with Gasteiger partial charge in [0.15, 0.2) is 0 Å². The van der Waals surface area contributed by atoms with E-state index in [-0.39, 0.29) is 15.8 Å². The number of nitrogens with zero attached hydrogens (tertiary/aromatic N) is 2. The lowest BCUT2D eigenvalue weighted by Gasteiger charge is -2.42. The van der Waals surface area contributed by atoms with Crippen molar-refractivity contribution < 1.29 is 13.2 Å². The highest BCUT2D eigenvalue weighted by atomic mass is 35.5. The quantitative estimate of drug-likeness (QED) is 0.797. The van der Waals surface area contributed by atoms with Crippen molar-refractivity contribution in [3.8, 4) is 0 Å². The van der Waals surface area contributed by atoms with E-state index in [0.29, 0.717) is 37.4 Å². The Bertz CT molecular complexity index is 753. The van der Waals surface area contributed by atoms with Crippen molar-refractivity contribution in [2.75, 3.05) is 20.1 Å². The van der Waals surface area contributed by atoms with Crippen molar-refractivity contribution in [2.45, 2.75) is 36.1 Å². The van der Waals surface area contributed by atoms with E-state index in [9.17, 15) is 13.2 Å². The van der Waals surface area contributed by atoms with Gasteiger partial charge in [-0.1, -0.05) is 23.2 Å². The molecule has 1 unspecified atom stereocenters. The Kier molecular flexibility index (Phi) is 4.38. The van der Waals surface area contributed by atoms with Crippen LogP contribution >= 0.6 is 23.2 Å². The summed E-state index contributed by atoms with van der Waals surface area (Å²) in [5.74, 6) is -0.116. The van der Waals surface area contributed by atoms with Gasteiger partial charge >= 0.3 is 0 Å². The standard InChI is InChI=1S/C15H18Cl2N2O3S/c1-18-8-2-6-15(14(18)20)7-3-9-19(15)23(21,22)13-5-4-11(16)10-12(13)17/h4-5,10H,2-3,6-9H2,1H3. The minimum atomic E-state index is -3.86. The smallest absolute Gasteiger partial charge is 0.245 e. The van der Waals surface area contributed by atoms with E-state index in [1.54, 1.807) is 11.9 Å². The maximum absolute atomic E-state index is 13.1. The van der Waals surface area contributed by atoms with E-state index in [1.165, 1.54) is 22.5 Å². The molecule has 0 saturated carbocycles. The highest BCUT2D eigenvalue weighted by molar-refractivity contribution is 7.89. The molecule has 3 rings (SSSR count). The van der Waals surface area contributed by atoms with Crippen LogP contribution in [0.15, 0.2) is 23.1 Å². The summed E-state index contributed by atoms with van der Waals surface area (Å²) in [7, 11) is -2.13. The summed E-state index contributed by atoms with van der Waals surface area (Å²) in [5.41, 5.74) is -0.963. The van der Waals surface area contributed by atoms with Crippen LogP contribution in [-0.2, 0) is 14.8 Å². The Labute approximate surface area is 146 Å². The second-order valence-corrected chi connectivity index (χ2v) is 8.79. The van der Waals surface area contributed by atoms with Gasteiger partial charge < -0.3 is 4.90 Å². The third-order valence-corrected chi connectivity index (χ3v) is 7.40. The topological polar surface area (TPSA) is 57.7 Å². The monoisotopic (exact) mass is 376 g/mol. The third-order valence-electron chi connectivity index (χ3n) is 4.72. The van der Waals surface area contributed by atoms with Gasteiger partial charge in [0.25, 0.3) is 0 Å². The first-order valence-corrected chi connectivity index (χ1v) is 9.72. The summed E-state index contributed by atoms with van der Waals surface area (Å²) < 4.78 is 27.6. The molecule has 8 heteroatoms. The van der Waals surface area contributed by atoms with Crippen molar-refractivity contribution in [1.29, 1.82) is 0 Å². The molecule has 2 heterocycles. The molecule has 0 aliphatic carbocycles. The molecule has 1 atom stereocenters. The van der Waals surface area contributed by atoms with E-state index in [1.807, 2.05) is 0 Å². The van der Waals surface area contributed by atoms with Crippen LogP contribution in [0.2, 0.25) is 10.0 Å². The molecule has 2 aliphatic rings. The Morgan fingerprint density at radius 2 is 1.78 bits per heavy atom. The molecule has 0 aromatic heterocycles. The first kappa shape index (κ1) is 17.0. The molecule has 0 radical (unpaired) electrons. The second kappa shape index (κ2) is 5.92. The van der Waals surface area contributed by atoms with E-state index in [4.69, 9.17) is 23.2 Å². The number of likely N-dealkylation sites (N-methyl/N-ethyl adjacent to an activating group) is 1. The summed E-state index contributed by atoms with van der Waals surface area (Å²) >= 11 is 12.0. The van der Waals surface area contributed by atoms with E-state index >= 15 is 0 Å². The molecule has 2 fully saturated rings. The number of likely N-dealkylation sites (tertiary alicyclic amines) is 1. The first-order chi connectivity index (χ1) is 10.8. The van der Waals surface area contributed by atoms with Crippen LogP contribution in [0.1, 0.15) is 25.7 Å². The molecule has 1 spiro atoms. The molecule has 2 aliphatic heterocycles. The predicted octanol–water partition coefficient (Wildman–Crippen LogP) is 2.77. The second-order valence-electron chi connectivity index (χ2n) is 6.12. The number of piperidine rings is 1. The van der Waals surface area contributed by atoms with Gasteiger partial charge in [-0.3, -0.25) is 4.79 Å². The van der Waals surface area contributed by atoms with Crippen LogP contribution in [0.3, 0.4) is 0 Å². The van der Waals surface area contributed by atoms with Crippen LogP contribution in [0, 0.1) is 0 Å². The zero-order valence-corrected chi connectivity index (χ0v) is 15.1. The van der Waals surface area contributed by atoms with Crippen LogP contribution < -0.4 is 0 Å². The molecule has 5 nitrogen and oxygen atoms in total. The summed E-state index contributed by atoms with van der Waals surface area (Å²) in [6, 6.07) is 4.31. The van der Waals surface area contributed by atoms with Gasteiger partial charge in [0, 0.05) is 25.2 Å². The molecular formula is C15H18Cl2N2O3S. The molecule has 126 valence electrons. The number of rotatable bonds is 2. The maximum atomic E-state index is 13.1. The minimum Gasteiger partial charge on any atom is -0.344 e. The number of hydrogen-bond donors (Lipinski definition) is 0. The first-order valence-electron chi connectivity index (χ1n) is 7.52. The maximum Gasteiger partial charge on any atom is 0.245 e. The highest BCUT2D eigenvalue weighted by Crippen LogP contribution is 2.42. The van der Waals surface area contributed by atoms with Gasteiger partial charge in [-0.05, 0) is 43.9 Å². The number of hydrogen-bond acceptors (Lipinski definition) is 3. The molecule has 0 N–H and O–H groups in total. The van der Waals surface area contributed by atoms with Gasteiger partial charge in [-0.15, -0.1) is 0 Å². The number of halogens is 2. The fourth-order valence-corrected chi connectivity index (χ4v) is 6.22. The van der Waals surface area contributed by atoms with E-state index in [2.05, 4.69) is 0 Å². The average Bonchev–Trinajstić information content (AvgIpc) is 2.90. The van der Waals surface area contributed by atoms with Crippen molar-refractivity contribution >= 4 is 39.1 Å². The number of carbonyl (C=O) groups excluding carboxylic acids is 1. The Morgan fingerprint density at radius 1 is 1.13 bits per heavy atom. The molecular weight excluding hydrogens is 359 g/mol. The van der Waals surface area contributed by atoms with Crippen LogP contribution in [-0.4, -0.2) is 49.2 Å². The minimum absolute atomic E-state index is 0.00543. The molecule has 0 bridgehead atoms. The van der Waals surface area contributed by atoms with Gasteiger partial charge in [-0.2, -0.15) is 4.31 Å². The molecule has 23 heavy (non-hydrogen) atoms. The Morgan fingerprint density at radius 3 is 2.43 bits per heavy atom. The van der Waals surface area contributed by atoms with Crippen molar-refractivity contribution in [3.05, 3.63) is 28.2 Å². The zero-order chi connectivity index (χ0) is 16.8. The predicted molar refractivity (Wildman–Crippen MR) is 89.2 cm³/mol. The summed E-state index contributed by atoms with van der Waals surface area (Å²) in [6.07, 6.45) is 2.58. The molecule has 2 saturated heterocycles. The van der Waals surface area contributed by atoms with Crippen molar-refractivity contribution in [1.82, 2.24) is 9.21 Å². The zero-order valence-electron chi connectivity index (χ0n) is 12.8. The third kappa shape index (κ3) is 2.65.